The third-order valence-electron chi connectivity index (χ3n) is 5.42. The molecule has 1 aliphatic rings. The smallest absolute Gasteiger partial charge is 0.258 e. The van der Waals surface area contributed by atoms with Crippen molar-refractivity contribution in [2.24, 2.45) is 0 Å². The molecular weight excluding hydrogens is 322 g/mol. The molecule has 0 heterocycles. The largest absolute Gasteiger partial charge is 0.484 e. The van der Waals surface area contributed by atoms with E-state index in [2.05, 4.69) is 50.4 Å². The molecule has 3 heteroatoms. The Bertz CT molecular complexity index is 810. The van der Waals surface area contributed by atoms with Crippen LogP contribution in [0.2, 0.25) is 0 Å². The van der Waals surface area contributed by atoms with Gasteiger partial charge in [-0.25, -0.2) is 0 Å². The van der Waals surface area contributed by atoms with Crippen LogP contribution < -0.4 is 10.1 Å². The first-order valence-electron chi connectivity index (χ1n) is 9.56. The van der Waals surface area contributed by atoms with Crippen LogP contribution in [0.5, 0.6) is 5.75 Å². The number of nitrogens with one attached hydrogen (secondary N) is 1. The number of amides is 1. The molecule has 1 atom stereocenters. The lowest BCUT2D eigenvalue weighted by molar-refractivity contribution is -0.123. The molecule has 1 amide bonds. The molecule has 0 aromatic heterocycles. The van der Waals surface area contributed by atoms with Gasteiger partial charge in [0.2, 0.25) is 0 Å². The van der Waals surface area contributed by atoms with Gasteiger partial charge in [0, 0.05) is 0 Å². The molecule has 138 valence electrons. The molecule has 0 aliphatic heterocycles. The first-order valence-corrected chi connectivity index (χ1v) is 9.56. The normalized spacial score (nSPS) is 14.5. The van der Waals surface area contributed by atoms with Crippen molar-refractivity contribution in [2.75, 3.05) is 6.61 Å². The summed E-state index contributed by atoms with van der Waals surface area (Å²) in [5.41, 5.74) is 7.68. The summed E-state index contributed by atoms with van der Waals surface area (Å²) >= 11 is 0. The summed E-state index contributed by atoms with van der Waals surface area (Å²) in [5.74, 6) is 0.698. The highest BCUT2D eigenvalue weighted by Gasteiger charge is 2.14. The Morgan fingerprint density at radius 1 is 1.00 bits per heavy atom. The van der Waals surface area contributed by atoms with E-state index < -0.39 is 0 Å². The Labute approximate surface area is 156 Å². The highest BCUT2D eigenvalue weighted by molar-refractivity contribution is 5.78. The molecule has 0 unspecified atom stereocenters. The second-order valence-electron chi connectivity index (χ2n) is 7.51. The predicted octanol–water partition coefficient (Wildman–Crippen LogP) is 4.75. The van der Waals surface area contributed by atoms with Crippen molar-refractivity contribution in [3.63, 3.8) is 0 Å². The van der Waals surface area contributed by atoms with Crippen molar-refractivity contribution >= 4 is 5.91 Å². The molecular formula is C23H29NO2. The molecule has 0 bridgehead atoms. The van der Waals surface area contributed by atoms with Gasteiger partial charge in [0.15, 0.2) is 6.61 Å². The molecule has 0 saturated carbocycles. The highest BCUT2D eigenvalue weighted by atomic mass is 16.5. The number of hydrogen-bond acceptors (Lipinski definition) is 2. The predicted molar refractivity (Wildman–Crippen MR) is 106 cm³/mol. The van der Waals surface area contributed by atoms with Crippen molar-refractivity contribution in [2.45, 2.75) is 59.4 Å². The first kappa shape index (κ1) is 18.5. The first-order chi connectivity index (χ1) is 12.4. The standard InChI is InChI=1S/C23H29NO2/c1-15-11-17(3)22(12-16(15)2)18(4)24-23(25)14-26-21-10-9-19-7-5-6-8-20(19)13-21/h9-13,18H,5-8,14H2,1-4H3,(H,24,25)/t18-/m0/s1. The molecule has 2 aromatic carbocycles. The fraction of sp³-hybridized carbons (Fsp3) is 0.435. The topological polar surface area (TPSA) is 38.3 Å². The molecule has 3 nitrogen and oxygen atoms in total. The minimum absolute atomic E-state index is 0.0334. The van der Waals surface area contributed by atoms with Crippen LogP contribution in [-0.2, 0) is 17.6 Å². The number of rotatable bonds is 5. The minimum atomic E-state index is -0.0900. The number of carbonyl (C=O) groups excluding carboxylic acids is 1. The number of aryl methyl sites for hydroxylation is 5. The second-order valence-corrected chi connectivity index (χ2v) is 7.51. The number of hydrogen-bond donors (Lipinski definition) is 1. The maximum Gasteiger partial charge on any atom is 0.258 e. The summed E-state index contributed by atoms with van der Waals surface area (Å²) in [6.45, 7) is 8.38. The lowest BCUT2D eigenvalue weighted by Gasteiger charge is -2.19. The van der Waals surface area contributed by atoms with Gasteiger partial charge in [-0.1, -0.05) is 18.2 Å². The van der Waals surface area contributed by atoms with Crippen LogP contribution >= 0.6 is 0 Å². The molecule has 0 saturated heterocycles. The molecule has 0 radical (unpaired) electrons. The maximum absolute atomic E-state index is 12.3. The van der Waals surface area contributed by atoms with Gasteiger partial charge in [-0.05, 0) is 98.9 Å². The van der Waals surface area contributed by atoms with Gasteiger partial charge in [0.1, 0.15) is 5.75 Å². The number of carbonyl (C=O) groups is 1. The van der Waals surface area contributed by atoms with E-state index in [0.29, 0.717) is 0 Å². The van der Waals surface area contributed by atoms with Crippen molar-refractivity contribution in [3.8, 4) is 5.75 Å². The number of ether oxygens (including phenoxy) is 1. The van der Waals surface area contributed by atoms with Crippen LogP contribution in [0.25, 0.3) is 0 Å². The third kappa shape index (κ3) is 4.27. The monoisotopic (exact) mass is 351 g/mol. The Morgan fingerprint density at radius 2 is 1.69 bits per heavy atom. The van der Waals surface area contributed by atoms with E-state index in [4.69, 9.17) is 4.74 Å². The Morgan fingerprint density at radius 3 is 2.46 bits per heavy atom. The van der Waals surface area contributed by atoms with Crippen LogP contribution in [0.4, 0.5) is 0 Å². The Hall–Kier alpha value is -2.29. The van der Waals surface area contributed by atoms with Crippen molar-refractivity contribution < 1.29 is 9.53 Å². The fourth-order valence-electron chi connectivity index (χ4n) is 3.76. The van der Waals surface area contributed by atoms with E-state index in [1.165, 1.54) is 40.7 Å². The SMILES string of the molecule is Cc1cc(C)c([C@H](C)NC(=O)COc2ccc3c(c2)CCCC3)cc1C. The zero-order valence-electron chi connectivity index (χ0n) is 16.3. The maximum atomic E-state index is 12.3. The summed E-state index contributed by atoms with van der Waals surface area (Å²) in [7, 11) is 0. The molecule has 26 heavy (non-hydrogen) atoms. The van der Waals surface area contributed by atoms with Gasteiger partial charge in [-0.15, -0.1) is 0 Å². The van der Waals surface area contributed by atoms with Gasteiger partial charge >= 0.3 is 0 Å². The van der Waals surface area contributed by atoms with Crippen LogP contribution in [0.1, 0.15) is 59.2 Å². The van der Waals surface area contributed by atoms with Gasteiger partial charge in [0.25, 0.3) is 5.91 Å². The molecule has 2 aromatic rings. The Balaban J connectivity index is 1.58. The lowest BCUT2D eigenvalue weighted by atomic mass is 9.92. The van der Waals surface area contributed by atoms with Crippen molar-refractivity contribution in [1.29, 1.82) is 0 Å². The van der Waals surface area contributed by atoms with E-state index in [-0.39, 0.29) is 18.6 Å². The second kappa shape index (κ2) is 7.94. The average Bonchev–Trinajstić information content (AvgIpc) is 2.62. The number of benzene rings is 2. The molecule has 0 fully saturated rings. The van der Waals surface area contributed by atoms with Gasteiger partial charge in [0.05, 0.1) is 6.04 Å². The van der Waals surface area contributed by atoms with E-state index in [1.807, 2.05) is 13.0 Å². The van der Waals surface area contributed by atoms with E-state index in [0.717, 1.165) is 24.2 Å². The van der Waals surface area contributed by atoms with Gasteiger partial charge in [-0.3, -0.25) is 4.79 Å². The molecule has 3 rings (SSSR count). The molecule has 1 aliphatic carbocycles. The zero-order valence-corrected chi connectivity index (χ0v) is 16.3. The summed E-state index contributed by atoms with van der Waals surface area (Å²) in [6, 6.07) is 10.5. The lowest BCUT2D eigenvalue weighted by Crippen LogP contribution is -2.31. The van der Waals surface area contributed by atoms with Crippen LogP contribution in [0.3, 0.4) is 0 Å². The summed E-state index contributed by atoms with van der Waals surface area (Å²) in [5, 5.41) is 3.05. The zero-order chi connectivity index (χ0) is 18.7. The van der Waals surface area contributed by atoms with E-state index in [1.54, 1.807) is 0 Å². The van der Waals surface area contributed by atoms with Crippen molar-refractivity contribution in [3.05, 3.63) is 63.7 Å². The minimum Gasteiger partial charge on any atom is -0.484 e. The van der Waals surface area contributed by atoms with E-state index in [9.17, 15) is 4.79 Å². The third-order valence-corrected chi connectivity index (χ3v) is 5.42. The van der Waals surface area contributed by atoms with Crippen LogP contribution in [-0.4, -0.2) is 12.5 Å². The molecule has 0 spiro atoms. The molecule has 1 N–H and O–H groups in total. The highest BCUT2D eigenvalue weighted by Crippen LogP contribution is 2.25. The summed E-state index contributed by atoms with van der Waals surface area (Å²) < 4.78 is 5.73. The van der Waals surface area contributed by atoms with Crippen molar-refractivity contribution in [1.82, 2.24) is 5.32 Å². The summed E-state index contributed by atoms with van der Waals surface area (Å²) in [6.07, 6.45) is 4.78. The van der Waals surface area contributed by atoms with Crippen LogP contribution in [0.15, 0.2) is 30.3 Å². The van der Waals surface area contributed by atoms with Gasteiger partial charge < -0.3 is 10.1 Å². The summed E-state index contributed by atoms with van der Waals surface area (Å²) in [4.78, 5) is 12.3. The van der Waals surface area contributed by atoms with Gasteiger partial charge in [-0.2, -0.15) is 0 Å². The quantitative estimate of drug-likeness (QED) is 0.844. The average molecular weight is 351 g/mol. The van der Waals surface area contributed by atoms with E-state index >= 15 is 0 Å². The Kier molecular flexibility index (Phi) is 5.65. The fourth-order valence-corrected chi connectivity index (χ4v) is 3.76. The number of fused-ring (bicyclic) bond motifs is 1. The van der Waals surface area contributed by atoms with Crippen LogP contribution in [0, 0.1) is 20.8 Å².